The Kier molecular flexibility index (Phi) is 5.10. The summed E-state index contributed by atoms with van der Waals surface area (Å²) in [6.07, 6.45) is 1.80. The van der Waals surface area contributed by atoms with Crippen LogP contribution in [0.15, 0.2) is 39.8 Å². The van der Waals surface area contributed by atoms with Gasteiger partial charge in [-0.25, -0.2) is 9.31 Å². The Hall–Kier alpha value is -3.37. The van der Waals surface area contributed by atoms with Gasteiger partial charge in [-0.1, -0.05) is 28.4 Å². The number of piperidine rings is 1. The normalized spacial score (nSPS) is 14.9. The molecule has 32 heavy (non-hydrogen) atoms. The van der Waals surface area contributed by atoms with E-state index in [0.29, 0.717) is 64.3 Å². The number of aromatic amines is 1. The molecule has 4 heterocycles. The van der Waals surface area contributed by atoms with Gasteiger partial charge in [0.25, 0.3) is 11.4 Å². The summed E-state index contributed by atoms with van der Waals surface area (Å²) in [6, 6.07) is 6.44. The second kappa shape index (κ2) is 7.95. The lowest BCUT2D eigenvalue weighted by atomic mass is 9.93. The number of halogens is 2. The van der Waals surface area contributed by atoms with Crippen molar-refractivity contribution in [1.29, 1.82) is 0 Å². The Labute approximate surface area is 190 Å². The van der Waals surface area contributed by atoms with Gasteiger partial charge in [-0.3, -0.25) is 4.79 Å². The molecule has 1 aromatic carbocycles. The molecule has 1 amide bonds. The molecule has 1 saturated heterocycles. The van der Waals surface area contributed by atoms with Crippen LogP contribution in [0.4, 0.5) is 4.79 Å². The standard InChI is InChI=1S/C20H16Cl2N6O4/c21-12-5-11(6-13(22)7-12)17-25-19(32-26-17)14-9-23-28-15(8-16(29)24-18(14)28)10-1-3-27(4-2-10)20(30)31/h5-10H,1-4H2,(H,24,29)(H,30,31). The van der Waals surface area contributed by atoms with Crippen molar-refractivity contribution >= 4 is 34.9 Å². The van der Waals surface area contributed by atoms with Gasteiger partial charge in [-0.05, 0) is 31.0 Å². The Morgan fingerprint density at radius 3 is 2.56 bits per heavy atom. The fourth-order valence-electron chi connectivity index (χ4n) is 3.96. The Bertz CT molecular complexity index is 1370. The third kappa shape index (κ3) is 3.71. The van der Waals surface area contributed by atoms with Crippen LogP contribution >= 0.6 is 23.2 Å². The largest absolute Gasteiger partial charge is 0.465 e. The van der Waals surface area contributed by atoms with Crippen LogP contribution in [-0.2, 0) is 0 Å². The number of nitrogens with zero attached hydrogens (tertiary/aromatic N) is 5. The van der Waals surface area contributed by atoms with E-state index >= 15 is 0 Å². The van der Waals surface area contributed by atoms with Gasteiger partial charge in [0.05, 0.1) is 11.9 Å². The molecule has 0 bridgehead atoms. The molecule has 1 aliphatic rings. The predicted octanol–water partition coefficient (Wildman–Crippen LogP) is 3.90. The van der Waals surface area contributed by atoms with Crippen molar-refractivity contribution in [3.8, 4) is 22.8 Å². The molecule has 164 valence electrons. The third-order valence-electron chi connectivity index (χ3n) is 5.50. The van der Waals surface area contributed by atoms with Crippen LogP contribution in [0.5, 0.6) is 0 Å². The molecule has 1 fully saturated rings. The van der Waals surface area contributed by atoms with Gasteiger partial charge in [0.15, 0.2) is 0 Å². The Morgan fingerprint density at radius 1 is 1.16 bits per heavy atom. The summed E-state index contributed by atoms with van der Waals surface area (Å²) in [6.45, 7) is 0.801. The number of aromatic nitrogens is 5. The maximum Gasteiger partial charge on any atom is 0.407 e. The van der Waals surface area contributed by atoms with Crippen LogP contribution < -0.4 is 5.56 Å². The SMILES string of the molecule is O=C(O)N1CCC(c2cc(=O)[nH]c3c(-c4nc(-c5cc(Cl)cc(Cl)c5)no4)cnn23)CC1. The molecule has 10 nitrogen and oxygen atoms in total. The van der Waals surface area contributed by atoms with Crippen molar-refractivity contribution < 1.29 is 14.4 Å². The Balaban J connectivity index is 1.51. The zero-order valence-corrected chi connectivity index (χ0v) is 18.0. The van der Waals surface area contributed by atoms with Gasteiger partial charge in [-0.15, -0.1) is 0 Å². The molecule has 4 aromatic rings. The summed E-state index contributed by atoms with van der Waals surface area (Å²) in [4.78, 5) is 32.2. The molecule has 5 rings (SSSR count). The number of nitrogens with one attached hydrogen (secondary N) is 1. The Morgan fingerprint density at radius 2 is 1.88 bits per heavy atom. The van der Waals surface area contributed by atoms with Gasteiger partial charge < -0.3 is 19.5 Å². The minimum Gasteiger partial charge on any atom is -0.465 e. The number of benzene rings is 1. The van der Waals surface area contributed by atoms with Gasteiger partial charge in [0, 0.05) is 40.7 Å². The van der Waals surface area contributed by atoms with E-state index in [9.17, 15) is 14.7 Å². The molecule has 1 aliphatic heterocycles. The third-order valence-corrected chi connectivity index (χ3v) is 5.93. The highest BCUT2D eigenvalue weighted by Gasteiger charge is 2.27. The number of carboxylic acid groups (broad SMARTS) is 1. The average Bonchev–Trinajstić information content (AvgIpc) is 3.39. The lowest BCUT2D eigenvalue weighted by molar-refractivity contribution is 0.131. The molecule has 0 atom stereocenters. The summed E-state index contributed by atoms with van der Waals surface area (Å²) in [7, 11) is 0. The van der Waals surface area contributed by atoms with Crippen LogP contribution in [-0.4, -0.2) is 53.9 Å². The first kappa shape index (κ1) is 20.5. The number of hydrogen-bond donors (Lipinski definition) is 2. The zero-order valence-electron chi connectivity index (χ0n) is 16.5. The van der Waals surface area contributed by atoms with E-state index in [1.807, 2.05) is 0 Å². The fourth-order valence-corrected chi connectivity index (χ4v) is 4.49. The molecule has 3 aromatic heterocycles. The van der Waals surface area contributed by atoms with Gasteiger partial charge in [-0.2, -0.15) is 10.1 Å². The maximum atomic E-state index is 12.4. The molecule has 0 radical (unpaired) electrons. The number of H-pyrrole nitrogens is 1. The van der Waals surface area contributed by atoms with Crippen molar-refractivity contribution in [2.24, 2.45) is 0 Å². The molecule has 12 heteroatoms. The molecule has 0 saturated carbocycles. The van der Waals surface area contributed by atoms with Crippen LogP contribution in [0.25, 0.3) is 28.5 Å². The summed E-state index contributed by atoms with van der Waals surface area (Å²) in [5, 5.41) is 18.5. The highest BCUT2D eigenvalue weighted by Crippen LogP contribution is 2.31. The second-order valence-electron chi connectivity index (χ2n) is 7.50. The lowest BCUT2D eigenvalue weighted by Gasteiger charge is -2.30. The number of carbonyl (C=O) groups is 1. The number of rotatable bonds is 3. The van der Waals surface area contributed by atoms with Gasteiger partial charge >= 0.3 is 6.09 Å². The molecule has 2 N–H and O–H groups in total. The average molecular weight is 475 g/mol. The maximum absolute atomic E-state index is 12.4. The topological polar surface area (TPSA) is 130 Å². The van der Waals surface area contributed by atoms with Crippen molar-refractivity contribution in [3.05, 3.63) is 56.6 Å². The van der Waals surface area contributed by atoms with Gasteiger partial charge in [0.1, 0.15) is 11.2 Å². The van der Waals surface area contributed by atoms with Crippen LogP contribution in [0.3, 0.4) is 0 Å². The van der Waals surface area contributed by atoms with Crippen LogP contribution in [0.1, 0.15) is 24.5 Å². The van der Waals surface area contributed by atoms with E-state index in [0.717, 1.165) is 0 Å². The molecular formula is C20H16Cl2N6O4. The zero-order chi connectivity index (χ0) is 22.4. The van der Waals surface area contributed by atoms with Crippen LogP contribution in [0, 0.1) is 0 Å². The molecule has 0 spiro atoms. The lowest BCUT2D eigenvalue weighted by Crippen LogP contribution is -2.37. The van der Waals surface area contributed by atoms with E-state index in [-0.39, 0.29) is 17.4 Å². The van der Waals surface area contributed by atoms with Gasteiger partial charge in [0.2, 0.25) is 5.82 Å². The van der Waals surface area contributed by atoms with E-state index in [2.05, 4.69) is 20.2 Å². The summed E-state index contributed by atoms with van der Waals surface area (Å²) in [5.74, 6) is 0.470. The number of likely N-dealkylation sites (tertiary alicyclic amines) is 1. The first-order valence-electron chi connectivity index (χ1n) is 9.78. The smallest absolute Gasteiger partial charge is 0.407 e. The van der Waals surface area contributed by atoms with Crippen molar-refractivity contribution in [3.63, 3.8) is 0 Å². The van der Waals surface area contributed by atoms with Crippen molar-refractivity contribution in [2.75, 3.05) is 13.1 Å². The number of hydrogen-bond acceptors (Lipinski definition) is 6. The van der Waals surface area contributed by atoms with Crippen molar-refractivity contribution in [2.45, 2.75) is 18.8 Å². The van der Waals surface area contributed by atoms with E-state index in [1.165, 1.54) is 11.0 Å². The summed E-state index contributed by atoms with van der Waals surface area (Å²) < 4.78 is 7.06. The second-order valence-corrected chi connectivity index (χ2v) is 8.38. The van der Waals surface area contributed by atoms with Crippen LogP contribution in [0.2, 0.25) is 10.0 Å². The summed E-state index contributed by atoms with van der Waals surface area (Å²) >= 11 is 12.1. The van der Waals surface area contributed by atoms with E-state index < -0.39 is 6.09 Å². The highest BCUT2D eigenvalue weighted by molar-refractivity contribution is 6.35. The summed E-state index contributed by atoms with van der Waals surface area (Å²) in [5.41, 5.74) is 1.90. The quantitative estimate of drug-likeness (QED) is 0.460. The number of fused-ring (bicyclic) bond motifs is 1. The fraction of sp³-hybridized carbons (Fsp3) is 0.250. The first-order chi connectivity index (χ1) is 15.4. The monoisotopic (exact) mass is 474 g/mol. The van der Waals surface area contributed by atoms with E-state index in [4.69, 9.17) is 27.7 Å². The molecular weight excluding hydrogens is 459 g/mol. The first-order valence-corrected chi connectivity index (χ1v) is 10.5. The predicted molar refractivity (Wildman–Crippen MR) is 116 cm³/mol. The molecule has 0 unspecified atom stereocenters. The number of amides is 1. The molecule has 0 aliphatic carbocycles. The minimum absolute atomic E-state index is 0.00463. The van der Waals surface area contributed by atoms with Crippen molar-refractivity contribution in [1.82, 2.24) is 29.6 Å². The highest BCUT2D eigenvalue weighted by atomic mass is 35.5. The minimum atomic E-state index is -0.936. The van der Waals surface area contributed by atoms with E-state index in [1.54, 1.807) is 28.9 Å².